The Morgan fingerprint density at radius 3 is 1.06 bits per heavy atom. The van der Waals surface area contributed by atoms with Gasteiger partial charge in [0.25, 0.3) is 0 Å². The normalized spacial score (nSPS) is 11.7. The van der Waals surface area contributed by atoms with Gasteiger partial charge in [-0.15, -0.1) is 0 Å². The molecule has 0 amide bonds. The van der Waals surface area contributed by atoms with Crippen LogP contribution in [0.25, 0.3) is 187 Å². The van der Waals surface area contributed by atoms with Gasteiger partial charge in [0.15, 0.2) is 5.82 Å². The zero-order valence-electron chi connectivity index (χ0n) is 58.2. The molecular formula is C96H62N12. The lowest BCUT2D eigenvalue weighted by atomic mass is 10.0. The number of hydrogen-bond donors (Lipinski definition) is 0. The van der Waals surface area contributed by atoms with Crippen molar-refractivity contribution < 1.29 is 0 Å². The number of pyridine rings is 4. The van der Waals surface area contributed by atoms with Gasteiger partial charge < -0.3 is 13.7 Å². The van der Waals surface area contributed by atoms with E-state index in [1.807, 2.05) is 62.9 Å². The van der Waals surface area contributed by atoms with E-state index in [-0.39, 0.29) is 0 Å². The Balaban J connectivity index is 0.000000104. The molecule has 23 rings (SSSR count). The van der Waals surface area contributed by atoms with Crippen molar-refractivity contribution in [2.45, 2.75) is 0 Å². The van der Waals surface area contributed by atoms with Crippen molar-refractivity contribution in [1.82, 2.24) is 57.5 Å². The molecule has 23 aromatic rings. The second-order valence-corrected chi connectivity index (χ2v) is 27.4. The fraction of sp³-hybridized carbons (Fsp3) is 0. The number of para-hydroxylation sites is 4. The zero-order chi connectivity index (χ0) is 71.2. The van der Waals surface area contributed by atoms with Crippen molar-refractivity contribution in [3.05, 3.63) is 377 Å². The Bertz CT molecular complexity index is 7210. The molecule has 0 fully saturated rings. The van der Waals surface area contributed by atoms with Crippen molar-refractivity contribution in [3.8, 4) is 73.1 Å². The maximum atomic E-state index is 4.85. The van der Waals surface area contributed by atoms with Crippen LogP contribution in [0.1, 0.15) is 0 Å². The number of aromatic nitrogens is 12. The Morgan fingerprint density at radius 2 is 0.583 bits per heavy atom. The highest BCUT2D eigenvalue weighted by Gasteiger charge is 2.21. The third-order valence-electron chi connectivity index (χ3n) is 21.1. The van der Waals surface area contributed by atoms with Gasteiger partial charge in [-0.3, -0.25) is 4.98 Å². The van der Waals surface area contributed by atoms with Gasteiger partial charge in [-0.1, -0.05) is 218 Å². The van der Waals surface area contributed by atoms with E-state index in [0.717, 1.165) is 66.9 Å². The Kier molecular flexibility index (Phi) is 14.6. The second kappa shape index (κ2) is 25.5. The molecule has 0 saturated heterocycles. The first-order valence-corrected chi connectivity index (χ1v) is 36.2. The van der Waals surface area contributed by atoms with E-state index < -0.39 is 0 Å². The minimum atomic E-state index is 0.699. The number of hydrogen-bond acceptors (Lipinski definition) is 6. The molecule has 12 nitrogen and oxygen atoms in total. The Hall–Kier alpha value is -14.9. The average molecular weight is 1380 g/mol. The molecule has 0 atom stereocenters. The molecule has 0 N–H and O–H groups in total. The molecule has 11 heterocycles. The third-order valence-corrected chi connectivity index (χ3v) is 21.1. The van der Waals surface area contributed by atoms with Crippen LogP contribution in [0.3, 0.4) is 0 Å². The molecule has 11 aromatic heterocycles. The van der Waals surface area contributed by atoms with E-state index in [1.54, 1.807) is 0 Å². The summed E-state index contributed by atoms with van der Waals surface area (Å²) in [5, 5.41) is 28.5. The molecule has 108 heavy (non-hydrogen) atoms. The molecule has 0 aliphatic carbocycles. The molecule has 0 aliphatic heterocycles. The summed E-state index contributed by atoms with van der Waals surface area (Å²) in [7, 11) is 0. The van der Waals surface area contributed by atoms with Crippen molar-refractivity contribution >= 4 is 114 Å². The second-order valence-electron chi connectivity index (χ2n) is 27.4. The average Bonchev–Trinajstić information content (AvgIpc) is 1.58. The summed E-state index contributed by atoms with van der Waals surface area (Å²) in [6.45, 7) is 0. The fourth-order valence-corrected chi connectivity index (χ4v) is 15.9. The highest BCUT2D eigenvalue weighted by atomic mass is 15.2. The molecule has 0 saturated carbocycles. The van der Waals surface area contributed by atoms with Gasteiger partial charge in [-0.05, 0) is 142 Å². The van der Waals surface area contributed by atoms with Gasteiger partial charge in [0.1, 0.15) is 0 Å². The zero-order valence-corrected chi connectivity index (χ0v) is 58.2. The topological polar surface area (TPSA) is 105 Å². The monoisotopic (exact) mass is 1380 g/mol. The number of rotatable bonds is 8. The number of nitrogens with zero attached hydrogens (tertiary/aromatic N) is 12. The SMILES string of the molecule is c1ccc(-c2ccc3c(c2)c2cc(-c4ccccc4)ccc2n3-c2cnn3cc4ccccc4cc23)cc1.c1ccc2cn3ncc(-c4ccc(-n5c6ccccc6c6ccccc65)cn4)c3cc2c1.c1ccc2cn3ncc(-c4cnc(-c5ccc(-n6c7ccccc7c7ccccc76)cc5)nc4)c3cc2c1. The van der Waals surface area contributed by atoms with E-state index >= 15 is 0 Å². The first kappa shape index (κ1) is 61.8. The van der Waals surface area contributed by atoms with E-state index in [1.165, 1.54) is 115 Å². The van der Waals surface area contributed by atoms with Crippen LogP contribution in [0.5, 0.6) is 0 Å². The van der Waals surface area contributed by atoms with Gasteiger partial charge in [0, 0.05) is 107 Å². The summed E-state index contributed by atoms with van der Waals surface area (Å²) >= 11 is 0. The van der Waals surface area contributed by atoms with Crippen LogP contribution in [-0.2, 0) is 0 Å². The molecular weight excluding hydrogens is 1320 g/mol. The highest BCUT2D eigenvalue weighted by molar-refractivity contribution is 6.13. The summed E-state index contributed by atoms with van der Waals surface area (Å²) in [5.41, 5.74) is 23.3. The summed E-state index contributed by atoms with van der Waals surface area (Å²) < 4.78 is 12.8. The van der Waals surface area contributed by atoms with Crippen LogP contribution in [0, 0.1) is 0 Å². The quantitative estimate of drug-likeness (QED) is 0.150. The Morgan fingerprint density at radius 1 is 0.204 bits per heavy atom. The predicted molar refractivity (Wildman–Crippen MR) is 442 cm³/mol. The molecule has 12 heteroatoms. The van der Waals surface area contributed by atoms with Crippen LogP contribution >= 0.6 is 0 Å². The first-order chi connectivity index (χ1) is 53.5. The molecule has 12 aromatic carbocycles. The summed E-state index contributed by atoms with van der Waals surface area (Å²) in [6, 6.07) is 113. The maximum Gasteiger partial charge on any atom is 0.159 e. The molecule has 506 valence electrons. The van der Waals surface area contributed by atoms with Crippen LogP contribution in [-0.4, -0.2) is 57.5 Å². The van der Waals surface area contributed by atoms with E-state index in [9.17, 15) is 0 Å². The van der Waals surface area contributed by atoms with Gasteiger partial charge in [0.05, 0.1) is 91.5 Å². The van der Waals surface area contributed by atoms with E-state index in [2.05, 4.69) is 352 Å². The lowest BCUT2D eigenvalue weighted by molar-refractivity contribution is 0.970. The lowest BCUT2D eigenvalue weighted by Gasteiger charge is -2.09. The largest absolute Gasteiger partial charge is 0.309 e. The lowest BCUT2D eigenvalue weighted by Crippen LogP contribution is -1.95. The van der Waals surface area contributed by atoms with Gasteiger partial charge >= 0.3 is 0 Å². The molecule has 0 bridgehead atoms. The predicted octanol–water partition coefficient (Wildman–Crippen LogP) is 23.3. The molecule has 0 aliphatic rings. The van der Waals surface area contributed by atoms with Gasteiger partial charge in [-0.2, -0.15) is 15.3 Å². The standard InChI is InChI=1S/C35H23N3.C33H21N5.C28H18N4/c1-3-9-24(10-4-1)27-15-17-32-30(19-27)31-20-28(25-11-5-2-6-12-25)16-18-33(31)38(32)35-22-36-37-23-29-14-8-7-13-26(29)21-34(35)37;1-2-8-24-21-37-32(17-23(24)7-1)29(20-36-37)25-18-34-33(35-19-25)22-13-15-26(16-14-22)38-30-11-5-3-9-27(30)28-10-4-6-12-31(28)38;1-2-8-20-18-31-28(15-19(20)7-1)24(17-30-31)25-14-13-21(16-29-25)32-26-11-5-3-9-22(26)23-10-4-6-12-27(23)32/h1-23H;1-21H;1-18H. The maximum absolute atomic E-state index is 4.85. The number of fused-ring (bicyclic) bond motifs is 15. The fourth-order valence-electron chi connectivity index (χ4n) is 15.9. The molecule has 0 radical (unpaired) electrons. The summed E-state index contributed by atoms with van der Waals surface area (Å²) in [6.07, 6.45) is 17.7. The van der Waals surface area contributed by atoms with Crippen molar-refractivity contribution in [3.63, 3.8) is 0 Å². The Labute approximate surface area is 618 Å². The highest BCUT2D eigenvalue weighted by Crippen LogP contribution is 2.41. The smallest absolute Gasteiger partial charge is 0.159 e. The van der Waals surface area contributed by atoms with Crippen LogP contribution in [0.4, 0.5) is 0 Å². The van der Waals surface area contributed by atoms with Crippen LogP contribution in [0.2, 0.25) is 0 Å². The van der Waals surface area contributed by atoms with Crippen molar-refractivity contribution in [1.29, 1.82) is 0 Å². The van der Waals surface area contributed by atoms with E-state index in [0.29, 0.717) is 5.82 Å². The molecule has 0 unspecified atom stereocenters. The summed E-state index contributed by atoms with van der Waals surface area (Å²) in [5.74, 6) is 0.699. The third kappa shape index (κ3) is 10.5. The van der Waals surface area contributed by atoms with Crippen LogP contribution in [0.15, 0.2) is 377 Å². The first-order valence-electron chi connectivity index (χ1n) is 36.2. The van der Waals surface area contributed by atoms with Gasteiger partial charge in [0.2, 0.25) is 0 Å². The van der Waals surface area contributed by atoms with Gasteiger partial charge in [-0.25, -0.2) is 23.5 Å². The molecule has 0 spiro atoms. The van der Waals surface area contributed by atoms with Crippen molar-refractivity contribution in [2.24, 2.45) is 0 Å². The van der Waals surface area contributed by atoms with E-state index in [4.69, 9.17) is 20.1 Å². The number of benzene rings is 12. The van der Waals surface area contributed by atoms with Crippen LogP contribution < -0.4 is 0 Å². The minimum absolute atomic E-state index is 0.699. The van der Waals surface area contributed by atoms with Crippen molar-refractivity contribution in [2.75, 3.05) is 0 Å². The summed E-state index contributed by atoms with van der Waals surface area (Å²) in [4.78, 5) is 14.3. The minimum Gasteiger partial charge on any atom is -0.309 e.